The zero-order chi connectivity index (χ0) is 37.4. The lowest BCUT2D eigenvalue weighted by molar-refractivity contribution is 0.0697. The van der Waals surface area contributed by atoms with Crippen molar-refractivity contribution in [3.05, 3.63) is 94.8 Å². The van der Waals surface area contributed by atoms with Crippen molar-refractivity contribution in [1.29, 1.82) is 0 Å². The second-order valence-corrected chi connectivity index (χ2v) is 5.49. The van der Waals surface area contributed by atoms with Crippen LogP contribution in [-0.2, 0) is 6.42 Å². The van der Waals surface area contributed by atoms with Gasteiger partial charge in [0.15, 0.2) is 0 Å². The van der Waals surface area contributed by atoms with E-state index in [0.29, 0.717) is 0 Å². The van der Waals surface area contributed by atoms with Crippen LogP contribution in [0.25, 0.3) is 11.1 Å². The second-order valence-electron chi connectivity index (χ2n) is 5.49. The zero-order valence-electron chi connectivity index (χ0n) is 34.0. The van der Waals surface area contributed by atoms with Gasteiger partial charge in [-0.15, -0.1) is 0 Å². The van der Waals surface area contributed by atoms with Crippen molar-refractivity contribution in [2.45, 2.75) is 25.8 Å². The highest BCUT2D eigenvalue weighted by Gasteiger charge is 2.07. The summed E-state index contributed by atoms with van der Waals surface area (Å²) in [5.41, 5.74) is -5.07. The number of carbonyl (C=O) groups is 1. The lowest BCUT2D eigenvalue weighted by atomic mass is 9.99. The third-order valence-corrected chi connectivity index (χ3v) is 3.35. The molecule has 150 valence electrons. The van der Waals surface area contributed by atoms with Crippen molar-refractivity contribution in [1.82, 2.24) is 5.32 Å². The van der Waals surface area contributed by atoms with Crippen LogP contribution in [0.1, 0.15) is 65.5 Å². The van der Waals surface area contributed by atoms with Crippen molar-refractivity contribution < 1.29 is 41.1 Å². The number of carboxylic acids is 1. The molecule has 0 heterocycles. The highest BCUT2D eigenvalue weighted by Crippen LogP contribution is 2.22. The normalized spacial score (nSPS) is 23.9. The van der Waals surface area contributed by atoms with Gasteiger partial charge in [0.1, 0.15) is 0 Å². The van der Waals surface area contributed by atoms with Crippen molar-refractivity contribution >= 4 is 5.97 Å². The van der Waals surface area contributed by atoms with E-state index < -0.39 is 138 Å². The van der Waals surface area contributed by atoms with Gasteiger partial charge in [0.05, 0.1) is 29.5 Å². The number of hydrogen-bond acceptors (Lipinski definition) is 3. The zero-order valence-corrected chi connectivity index (χ0v) is 15.0. The number of carboxylic acid groups (broad SMARTS) is 1. The first-order chi connectivity index (χ1) is 21.6. The Hall–Kier alpha value is -2.95. The third kappa shape index (κ3) is 6.01. The molecule has 0 radical (unpaired) electrons. The van der Waals surface area contributed by atoms with Gasteiger partial charge in [-0.3, -0.25) is 0 Å². The Bertz CT molecular complexity index is 1830. The molecule has 29 heavy (non-hydrogen) atoms. The average molecular weight is 409 g/mol. The number of aromatic carboxylic acids is 1. The van der Waals surface area contributed by atoms with E-state index in [2.05, 4.69) is 0 Å². The van der Waals surface area contributed by atoms with Crippen LogP contribution in [0.2, 0.25) is 0 Å². The van der Waals surface area contributed by atoms with Crippen LogP contribution in [0.5, 0.6) is 0 Å². The largest absolute Gasteiger partial charge is 0.478 e. The van der Waals surface area contributed by atoms with Crippen molar-refractivity contribution in [3.8, 4) is 11.1 Å². The van der Waals surface area contributed by atoms with E-state index in [-0.39, 0.29) is 5.56 Å². The molecule has 3 rings (SSSR count). The van der Waals surface area contributed by atoms with Crippen LogP contribution in [0, 0.1) is 6.92 Å². The number of nitrogens with one attached hydrogen (secondary N) is 1. The summed E-state index contributed by atoms with van der Waals surface area (Å²) in [7, 11) is 0. The molecule has 0 aromatic heterocycles. The molecule has 0 amide bonds. The number of benzene rings is 3. The van der Waals surface area contributed by atoms with E-state index in [1.165, 1.54) is 5.32 Å². The lowest BCUT2D eigenvalue weighted by Crippen LogP contribution is -2.22. The highest BCUT2D eigenvalue weighted by atomic mass is 16.4. The van der Waals surface area contributed by atoms with Gasteiger partial charge >= 0.3 is 5.97 Å². The SMILES string of the molecule is [2H]c1c([2H])c(CC([2H])([2H])C([2H])([2H])NC([2H])([2H])[C@]([2H])(O)c2c([2H])c([2H])c([2H])c(C)c2[2H])c([2H])c(-c2c([2H])c([2H])c([2H])c(C(=O)O)c2[2H])c1[2H]. The van der Waals surface area contributed by atoms with Crippen molar-refractivity contribution in [3.63, 3.8) is 0 Å². The highest BCUT2D eigenvalue weighted by molar-refractivity contribution is 5.89. The van der Waals surface area contributed by atoms with Gasteiger partial charge in [0.25, 0.3) is 0 Å². The third-order valence-electron chi connectivity index (χ3n) is 3.35. The van der Waals surface area contributed by atoms with Crippen molar-refractivity contribution in [2.24, 2.45) is 0 Å². The Balaban J connectivity index is 2.20. The predicted octanol–water partition coefficient (Wildman–Crippen LogP) is 4.62. The molecule has 4 nitrogen and oxygen atoms in total. The minimum Gasteiger partial charge on any atom is -0.478 e. The molecule has 0 aliphatic carbocycles. The molecule has 0 unspecified atom stereocenters. The number of rotatable bonds is 9. The molecule has 1 atom stereocenters. The molecular weight excluding hydrogens is 362 g/mol. The van der Waals surface area contributed by atoms with Crippen LogP contribution < -0.4 is 5.32 Å². The molecule has 0 fully saturated rings. The quantitative estimate of drug-likeness (QED) is 0.483. The number of aliphatic hydroxyl groups is 1. The molecule has 0 aliphatic heterocycles. The molecule has 0 saturated heterocycles. The van der Waals surface area contributed by atoms with Gasteiger partial charge < -0.3 is 15.5 Å². The Labute approximate surface area is 198 Å². The molecule has 0 aliphatic rings. The first-order valence-corrected chi connectivity index (χ1v) is 8.11. The van der Waals surface area contributed by atoms with E-state index in [1.807, 2.05) is 0 Å². The van der Waals surface area contributed by atoms with Gasteiger partial charge in [0, 0.05) is 14.7 Å². The second kappa shape index (κ2) is 10.0. The monoisotopic (exact) mass is 408 g/mol. The number of hydrogen-bond donors (Lipinski definition) is 3. The maximum Gasteiger partial charge on any atom is 0.335 e. The molecule has 3 aromatic carbocycles. The molecule has 0 spiro atoms. The van der Waals surface area contributed by atoms with Gasteiger partial charge in [-0.25, -0.2) is 4.79 Å². The summed E-state index contributed by atoms with van der Waals surface area (Å²) in [5, 5.41) is 22.0. The average Bonchev–Trinajstić information content (AvgIpc) is 2.96. The minimum atomic E-state index is -3.75. The van der Waals surface area contributed by atoms with Gasteiger partial charge in [0.2, 0.25) is 0 Å². The fourth-order valence-corrected chi connectivity index (χ4v) is 2.06. The first-order valence-electron chi connectivity index (χ1n) is 17.6. The molecule has 0 bridgehead atoms. The Morgan fingerprint density at radius 1 is 1.10 bits per heavy atom. The standard InChI is InChI=1S/C25H27NO3/c1-18-6-2-11-22(14-18)24(27)17-26-13-5-8-19-7-3-9-20(15-19)21-10-4-12-23(16-21)25(28)29/h2-4,6-7,9-12,14-16,24,26-27H,5,8,13,17H2,1H3,(H,28,29)/t24-/m0/s1/i2D,3D,4D,5D2,6D,7D,9D,10D,11D,12D,13D2,14D,15D,16D,17D2,24D. The first kappa shape index (κ1) is 7.38. The summed E-state index contributed by atoms with van der Waals surface area (Å²) >= 11 is 0. The topological polar surface area (TPSA) is 69.6 Å². The van der Waals surface area contributed by atoms with Crippen LogP contribution in [0.3, 0.4) is 0 Å². The lowest BCUT2D eigenvalue weighted by Gasteiger charge is -2.13. The molecule has 0 saturated carbocycles. The van der Waals surface area contributed by atoms with Crippen LogP contribution in [0.15, 0.2) is 72.5 Å². The van der Waals surface area contributed by atoms with Gasteiger partial charge in [-0.2, -0.15) is 0 Å². The molecule has 3 N–H and O–H groups in total. The maximum atomic E-state index is 11.8. The summed E-state index contributed by atoms with van der Waals surface area (Å²) in [6, 6.07) is -11.6. The smallest absolute Gasteiger partial charge is 0.335 e. The summed E-state index contributed by atoms with van der Waals surface area (Å²) in [6.07, 6.45) is -8.55. The van der Waals surface area contributed by atoms with E-state index in [0.717, 1.165) is 6.92 Å². The van der Waals surface area contributed by atoms with Gasteiger partial charge in [-0.05, 0) is 60.6 Å². The maximum absolute atomic E-state index is 11.8. The van der Waals surface area contributed by atoms with E-state index >= 15 is 0 Å². The predicted molar refractivity (Wildman–Crippen MR) is 116 cm³/mol. The van der Waals surface area contributed by atoms with E-state index in [4.69, 9.17) is 26.0 Å². The van der Waals surface area contributed by atoms with E-state index in [1.54, 1.807) is 0 Å². The van der Waals surface area contributed by atoms with Gasteiger partial charge in [-0.1, -0.05) is 66.0 Å². The fourth-order valence-electron chi connectivity index (χ4n) is 2.06. The van der Waals surface area contributed by atoms with Crippen LogP contribution in [0.4, 0.5) is 0 Å². The summed E-state index contributed by atoms with van der Waals surface area (Å²) in [6.45, 7) is -6.28. The summed E-state index contributed by atoms with van der Waals surface area (Å²) < 4.78 is 156. The molecule has 4 heteroatoms. The van der Waals surface area contributed by atoms with Crippen LogP contribution in [-0.4, -0.2) is 29.2 Å². The molecule has 3 aromatic rings. The Kier molecular flexibility index (Phi) is 2.55. The Morgan fingerprint density at radius 3 is 2.62 bits per heavy atom. The van der Waals surface area contributed by atoms with Crippen molar-refractivity contribution in [2.75, 3.05) is 13.0 Å². The molecular formula is C25H27NO3. The summed E-state index contributed by atoms with van der Waals surface area (Å²) in [5.74, 6) is -1.86. The fraction of sp³-hybridized carbons (Fsp3) is 0.240. The van der Waals surface area contributed by atoms with E-state index in [9.17, 15) is 15.0 Å². The Morgan fingerprint density at radius 2 is 1.83 bits per heavy atom. The van der Waals surface area contributed by atoms with Crippen LogP contribution >= 0.6 is 0 Å². The summed E-state index contributed by atoms with van der Waals surface area (Å²) in [4.78, 5) is 11.8. The minimum absolute atomic E-state index is 0.311.